The van der Waals surface area contributed by atoms with E-state index in [1.54, 1.807) is 0 Å². The summed E-state index contributed by atoms with van der Waals surface area (Å²) in [5.41, 5.74) is 1.79. The molecule has 0 heterocycles. The van der Waals surface area contributed by atoms with Gasteiger partial charge in [0.1, 0.15) is 0 Å². The first-order valence-corrected chi connectivity index (χ1v) is 7.07. The van der Waals surface area contributed by atoms with Crippen LogP contribution in [0, 0.1) is 0 Å². The second-order valence-corrected chi connectivity index (χ2v) is 5.30. The summed E-state index contributed by atoms with van der Waals surface area (Å²) in [4.78, 5) is 14.6. The molecule has 1 aromatic carbocycles. The summed E-state index contributed by atoms with van der Waals surface area (Å²) in [7, 11) is 0. The number of hydrogen-bond donors (Lipinski definition) is 0. The van der Waals surface area contributed by atoms with E-state index in [9.17, 15) is 4.79 Å². The summed E-state index contributed by atoms with van der Waals surface area (Å²) in [6, 6.07) is 8.22. The largest absolute Gasteiger partial charge is 0.334 e. The number of amides is 1. The van der Waals surface area contributed by atoms with Crippen LogP contribution in [0.2, 0.25) is 0 Å². The molecule has 0 N–H and O–H groups in total. The molecule has 104 valence electrons. The average Bonchev–Trinajstić information content (AvgIpc) is 2.35. The Hall–Kier alpha value is -1.57. The molecule has 0 aliphatic heterocycles. The van der Waals surface area contributed by atoms with E-state index in [-0.39, 0.29) is 18.0 Å². The van der Waals surface area contributed by atoms with Crippen molar-refractivity contribution < 1.29 is 4.79 Å². The molecule has 1 rings (SSSR count). The van der Waals surface area contributed by atoms with Crippen molar-refractivity contribution in [2.45, 2.75) is 53.1 Å². The smallest absolute Gasteiger partial charge is 0.254 e. The van der Waals surface area contributed by atoms with Crippen molar-refractivity contribution in [2.75, 3.05) is 0 Å². The lowest BCUT2D eigenvalue weighted by Gasteiger charge is -2.31. The molecule has 2 nitrogen and oxygen atoms in total. The molecule has 0 saturated carbocycles. The van der Waals surface area contributed by atoms with Gasteiger partial charge in [0.25, 0.3) is 5.91 Å². The van der Waals surface area contributed by atoms with E-state index < -0.39 is 0 Å². The fraction of sp³-hybridized carbons (Fsp3) is 0.471. The van der Waals surface area contributed by atoms with Crippen LogP contribution >= 0.6 is 0 Å². The zero-order valence-electron chi connectivity index (χ0n) is 12.7. The van der Waals surface area contributed by atoms with Crippen LogP contribution in [0.5, 0.6) is 0 Å². The van der Waals surface area contributed by atoms with Crippen molar-refractivity contribution >= 4 is 12.0 Å². The molecule has 1 amide bonds. The van der Waals surface area contributed by atoms with Gasteiger partial charge in [-0.1, -0.05) is 37.3 Å². The van der Waals surface area contributed by atoms with Gasteiger partial charge in [-0.15, -0.1) is 0 Å². The maximum Gasteiger partial charge on any atom is 0.254 e. The topological polar surface area (TPSA) is 20.3 Å². The van der Waals surface area contributed by atoms with Crippen LogP contribution in [0.4, 0.5) is 0 Å². The summed E-state index contributed by atoms with van der Waals surface area (Å²) < 4.78 is 0. The van der Waals surface area contributed by atoms with Gasteiger partial charge in [0.05, 0.1) is 0 Å². The summed E-state index contributed by atoms with van der Waals surface area (Å²) in [5.74, 6) is 0.112. The molecule has 0 aromatic heterocycles. The second-order valence-electron chi connectivity index (χ2n) is 5.30. The summed E-state index contributed by atoms with van der Waals surface area (Å²) >= 11 is 0. The number of carbonyl (C=O) groups excluding carboxylic acids is 1. The number of nitrogens with zero attached hydrogens (tertiary/aromatic N) is 1. The third kappa shape index (κ3) is 3.95. The van der Waals surface area contributed by atoms with Crippen molar-refractivity contribution in [1.82, 2.24) is 4.90 Å². The molecular weight excluding hydrogens is 234 g/mol. The Morgan fingerprint density at radius 3 is 2.26 bits per heavy atom. The number of hydrogen-bond acceptors (Lipinski definition) is 1. The predicted molar refractivity (Wildman–Crippen MR) is 82.2 cm³/mol. The van der Waals surface area contributed by atoms with Crippen molar-refractivity contribution in [3.05, 3.63) is 41.5 Å². The Kier molecular flexibility index (Phi) is 5.81. The molecule has 0 aliphatic carbocycles. The molecule has 0 fully saturated rings. The van der Waals surface area contributed by atoms with Gasteiger partial charge in [0.15, 0.2) is 0 Å². The van der Waals surface area contributed by atoms with Gasteiger partial charge in [-0.2, -0.15) is 0 Å². The molecule has 0 radical (unpaired) electrons. The molecule has 1 aromatic rings. The van der Waals surface area contributed by atoms with E-state index >= 15 is 0 Å². The summed E-state index contributed by atoms with van der Waals surface area (Å²) in [5, 5.41) is 0. The maximum atomic E-state index is 12.7. The van der Waals surface area contributed by atoms with Gasteiger partial charge in [-0.05, 0) is 45.7 Å². The highest BCUT2D eigenvalue weighted by Gasteiger charge is 2.22. The summed E-state index contributed by atoms with van der Waals surface area (Å²) in [6.07, 6.45) is 5.09. The molecule has 0 atom stereocenters. The number of rotatable bonds is 5. The van der Waals surface area contributed by atoms with Crippen LogP contribution in [-0.4, -0.2) is 22.9 Å². The minimum Gasteiger partial charge on any atom is -0.334 e. The Labute approximate surface area is 117 Å². The molecule has 0 bridgehead atoms. The molecule has 0 saturated heterocycles. The maximum absolute atomic E-state index is 12.7. The van der Waals surface area contributed by atoms with E-state index in [4.69, 9.17) is 0 Å². The van der Waals surface area contributed by atoms with Crippen LogP contribution in [-0.2, 0) is 0 Å². The minimum atomic E-state index is 0.112. The zero-order valence-corrected chi connectivity index (χ0v) is 12.7. The quantitative estimate of drug-likeness (QED) is 0.769. The van der Waals surface area contributed by atoms with Gasteiger partial charge < -0.3 is 4.90 Å². The zero-order chi connectivity index (χ0) is 14.4. The lowest BCUT2D eigenvalue weighted by atomic mass is 10.0. The fourth-order valence-corrected chi connectivity index (χ4v) is 2.29. The third-order valence-electron chi connectivity index (χ3n) is 3.07. The number of carbonyl (C=O) groups is 1. The average molecular weight is 259 g/mol. The van der Waals surface area contributed by atoms with E-state index in [0.717, 1.165) is 17.5 Å². The van der Waals surface area contributed by atoms with E-state index in [0.29, 0.717) is 0 Å². The highest BCUT2D eigenvalue weighted by atomic mass is 16.2. The van der Waals surface area contributed by atoms with Crippen LogP contribution in [0.25, 0.3) is 6.08 Å². The number of benzene rings is 1. The van der Waals surface area contributed by atoms with Crippen molar-refractivity contribution in [3.63, 3.8) is 0 Å². The molecule has 0 unspecified atom stereocenters. The first-order valence-electron chi connectivity index (χ1n) is 7.07. The van der Waals surface area contributed by atoms with Gasteiger partial charge >= 0.3 is 0 Å². The molecule has 0 spiro atoms. The first-order chi connectivity index (χ1) is 8.99. The molecule has 0 aliphatic rings. The fourth-order valence-electron chi connectivity index (χ4n) is 2.29. The van der Waals surface area contributed by atoms with Crippen LogP contribution in [0.1, 0.15) is 57.0 Å². The van der Waals surface area contributed by atoms with Gasteiger partial charge in [-0.25, -0.2) is 0 Å². The SMILES string of the molecule is CC/C=C\c1ccccc1C(=O)N(C(C)C)C(C)C. The Morgan fingerprint density at radius 2 is 1.74 bits per heavy atom. The van der Waals surface area contributed by atoms with E-state index in [1.165, 1.54) is 0 Å². The van der Waals surface area contributed by atoms with Crippen LogP contribution in [0.15, 0.2) is 30.3 Å². The molecule has 19 heavy (non-hydrogen) atoms. The van der Waals surface area contributed by atoms with Crippen molar-refractivity contribution in [1.29, 1.82) is 0 Å². The summed E-state index contributed by atoms with van der Waals surface area (Å²) in [6.45, 7) is 10.3. The van der Waals surface area contributed by atoms with Crippen molar-refractivity contribution in [2.24, 2.45) is 0 Å². The first kappa shape index (κ1) is 15.5. The number of allylic oxidation sites excluding steroid dienone is 1. The standard InChI is InChI=1S/C17H25NO/c1-6-7-10-15-11-8-9-12-16(15)17(19)18(13(2)3)14(4)5/h7-14H,6H2,1-5H3/b10-7-. The minimum absolute atomic E-state index is 0.112. The van der Waals surface area contributed by atoms with E-state index in [1.807, 2.05) is 35.2 Å². The van der Waals surface area contributed by atoms with Crippen LogP contribution < -0.4 is 0 Å². The highest BCUT2D eigenvalue weighted by molar-refractivity contribution is 5.98. The Morgan fingerprint density at radius 1 is 1.16 bits per heavy atom. The van der Waals surface area contributed by atoms with Gasteiger partial charge in [0, 0.05) is 17.6 Å². The van der Waals surface area contributed by atoms with Crippen LogP contribution in [0.3, 0.4) is 0 Å². The lowest BCUT2D eigenvalue weighted by Crippen LogP contribution is -2.42. The second kappa shape index (κ2) is 7.13. The lowest BCUT2D eigenvalue weighted by molar-refractivity contribution is 0.0643. The van der Waals surface area contributed by atoms with Gasteiger partial charge in [0.2, 0.25) is 0 Å². The normalized spacial score (nSPS) is 11.5. The van der Waals surface area contributed by atoms with Crippen molar-refractivity contribution in [3.8, 4) is 0 Å². The Bertz CT molecular complexity index is 438. The molecule has 2 heteroatoms. The Balaban J connectivity index is 3.14. The molecular formula is C17H25NO. The van der Waals surface area contributed by atoms with E-state index in [2.05, 4.69) is 40.7 Å². The monoisotopic (exact) mass is 259 g/mol. The van der Waals surface area contributed by atoms with Gasteiger partial charge in [-0.3, -0.25) is 4.79 Å². The predicted octanol–water partition coefficient (Wildman–Crippen LogP) is 4.37. The third-order valence-corrected chi connectivity index (χ3v) is 3.07. The highest BCUT2D eigenvalue weighted by Crippen LogP contribution is 2.17.